The predicted octanol–water partition coefficient (Wildman–Crippen LogP) is 1.55. The van der Waals surface area contributed by atoms with Gasteiger partial charge in [-0.25, -0.2) is 0 Å². The molecule has 1 unspecified atom stereocenters. The van der Waals surface area contributed by atoms with Crippen LogP contribution in [0.1, 0.15) is 19.3 Å². The minimum absolute atomic E-state index is 0.0117. The summed E-state index contributed by atoms with van der Waals surface area (Å²) in [6, 6.07) is 8.25. The number of para-hydroxylation sites is 2. The van der Waals surface area contributed by atoms with Crippen LogP contribution in [0.25, 0.3) is 0 Å². The van der Waals surface area contributed by atoms with Crippen LogP contribution in [0.3, 0.4) is 0 Å². The zero-order chi connectivity index (χ0) is 12.5. The van der Waals surface area contributed by atoms with Crippen molar-refractivity contribution in [1.29, 1.82) is 0 Å². The summed E-state index contributed by atoms with van der Waals surface area (Å²) in [4.78, 5) is 14.2. The lowest BCUT2D eigenvalue weighted by Crippen LogP contribution is -2.39. The molecule has 96 valence electrons. The molecule has 0 radical (unpaired) electrons. The maximum Gasteiger partial charge on any atom is 0.244 e. The second-order valence-electron chi connectivity index (χ2n) is 4.94. The van der Waals surface area contributed by atoms with Gasteiger partial charge in [-0.15, -0.1) is 0 Å². The Morgan fingerprint density at radius 2 is 2.06 bits per heavy atom. The molecule has 1 aromatic carbocycles. The number of hydrogen-bond acceptors (Lipinski definition) is 3. The second-order valence-corrected chi connectivity index (χ2v) is 4.94. The number of amides is 1. The summed E-state index contributed by atoms with van der Waals surface area (Å²) in [7, 11) is 1.64. The van der Waals surface area contributed by atoms with Crippen LogP contribution in [0.15, 0.2) is 24.3 Å². The third-order valence-corrected chi connectivity index (χ3v) is 3.60. The van der Waals surface area contributed by atoms with E-state index >= 15 is 0 Å². The third kappa shape index (κ3) is 2.08. The van der Waals surface area contributed by atoms with Crippen molar-refractivity contribution in [2.24, 2.45) is 0 Å². The molecule has 0 bridgehead atoms. The Hall–Kier alpha value is -1.55. The molecular formula is C14H18N2O2. The summed E-state index contributed by atoms with van der Waals surface area (Å²) < 4.78 is 5.32. The average Bonchev–Trinajstić information content (AvgIpc) is 3.15. The first kappa shape index (κ1) is 11.5. The molecule has 0 spiro atoms. The van der Waals surface area contributed by atoms with Gasteiger partial charge in [0.05, 0.1) is 18.8 Å². The molecule has 1 N–H and O–H groups in total. The Kier molecular flexibility index (Phi) is 2.96. The van der Waals surface area contributed by atoms with E-state index in [0.717, 1.165) is 24.4 Å². The van der Waals surface area contributed by atoms with E-state index in [1.54, 1.807) is 7.11 Å². The molecule has 1 atom stereocenters. The fraction of sp³-hybridized carbons (Fsp3) is 0.500. The van der Waals surface area contributed by atoms with E-state index in [2.05, 4.69) is 5.32 Å². The molecule has 1 aliphatic carbocycles. The number of rotatable bonds is 4. The largest absolute Gasteiger partial charge is 0.495 e. The lowest BCUT2D eigenvalue weighted by atomic mass is 10.2. The van der Waals surface area contributed by atoms with Crippen LogP contribution in [0, 0.1) is 0 Å². The molecule has 1 saturated carbocycles. The molecule has 1 saturated heterocycles. The molecule has 18 heavy (non-hydrogen) atoms. The summed E-state index contributed by atoms with van der Waals surface area (Å²) in [6.07, 6.45) is 3.30. The third-order valence-electron chi connectivity index (χ3n) is 3.60. The van der Waals surface area contributed by atoms with Crippen LogP contribution in [-0.2, 0) is 4.79 Å². The molecular weight excluding hydrogens is 228 g/mol. The van der Waals surface area contributed by atoms with Crippen molar-refractivity contribution >= 4 is 11.6 Å². The van der Waals surface area contributed by atoms with E-state index in [-0.39, 0.29) is 11.9 Å². The zero-order valence-electron chi connectivity index (χ0n) is 10.6. The summed E-state index contributed by atoms with van der Waals surface area (Å²) in [5.41, 5.74) is 0.880. The fourth-order valence-corrected chi connectivity index (χ4v) is 2.46. The van der Waals surface area contributed by atoms with E-state index < -0.39 is 0 Å². The van der Waals surface area contributed by atoms with Crippen molar-refractivity contribution in [3.8, 4) is 5.75 Å². The highest BCUT2D eigenvalue weighted by molar-refractivity contribution is 6.00. The lowest BCUT2D eigenvalue weighted by Gasteiger charge is -2.19. The van der Waals surface area contributed by atoms with Gasteiger partial charge in [-0.05, 0) is 31.4 Å². The van der Waals surface area contributed by atoms with Gasteiger partial charge in [-0.1, -0.05) is 12.1 Å². The number of anilines is 1. The lowest BCUT2D eigenvalue weighted by molar-refractivity contribution is -0.118. The average molecular weight is 246 g/mol. The molecule has 3 rings (SSSR count). The van der Waals surface area contributed by atoms with Gasteiger partial charge in [0, 0.05) is 12.6 Å². The van der Waals surface area contributed by atoms with Gasteiger partial charge in [0.25, 0.3) is 0 Å². The Morgan fingerprint density at radius 3 is 2.78 bits per heavy atom. The Balaban J connectivity index is 1.78. The number of nitrogens with zero attached hydrogens (tertiary/aromatic N) is 1. The second kappa shape index (κ2) is 4.61. The van der Waals surface area contributed by atoms with Gasteiger partial charge >= 0.3 is 0 Å². The molecule has 0 aromatic heterocycles. The van der Waals surface area contributed by atoms with Crippen molar-refractivity contribution in [2.75, 3.05) is 18.6 Å². The predicted molar refractivity (Wildman–Crippen MR) is 69.9 cm³/mol. The van der Waals surface area contributed by atoms with E-state index in [4.69, 9.17) is 4.74 Å². The van der Waals surface area contributed by atoms with E-state index in [0.29, 0.717) is 6.04 Å². The van der Waals surface area contributed by atoms with Gasteiger partial charge in [-0.2, -0.15) is 0 Å². The van der Waals surface area contributed by atoms with Gasteiger partial charge in [0.15, 0.2) is 0 Å². The first-order chi connectivity index (χ1) is 8.79. The number of methoxy groups -OCH3 is 1. The summed E-state index contributed by atoms with van der Waals surface area (Å²) >= 11 is 0. The minimum atomic E-state index is -0.0117. The van der Waals surface area contributed by atoms with Crippen LogP contribution in [0.2, 0.25) is 0 Å². The van der Waals surface area contributed by atoms with Gasteiger partial charge in [0.2, 0.25) is 5.91 Å². The van der Waals surface area contributed by atoms with Gasteiger partial charge in [-0.3, -0.25) is 4.79 Å². The molecule has 1 heterocycles. The Bertz CT molecular complexity index is 457. The van der Waals surface area contributed by atoms with E-state index in [1.165, 1.54) is 12.8 Å². The highest BCUT2D eigenvalue weighted by Gasteiger charge is 2.36. The molecule has 2 aliphatic rings. The number of hydrogen-bond donors (Lipinski definition) is 1. The van der Waals surface area contributed by atoms with Crippen molar-refractivity contribution in [3.05, 3.63) is 24.3 Å². The number of carbonyl (C=O) groups excluding carboxylic acids is 1. The summed E-state index contributed by atoms with van der Waals surface area (Å²) in [5.74, 6) is 0.935. The first-order valence-corrected chi connectivity index (χ1v) is 6.50. The number of ether oxygens (including phenoxy) is 1. The molecule has 1 amide bonds. The van der Waals surface area contributed by atoms with Gasteiger partial charge < -0.3 is 15.0 Å². The zero-order valence-corrected chi connectivity index (χ0v) is 10.6. The number of nitrogens with one attached hydrogen (secondary N) is 1. The Labute approximate surface area is 107 Å². The van der Waals surface area contributed by atoms with Crippen LogP contribution in [0.4, 0.5) is 5.69 Å². The van der Waals surface area contributed by atoms with Crippen molar-refractivity contribution in [1.82, 2.24) is 5.32 Å². The summed E-state index contributed by atoms with van der Waals surface area (Å²) in [5, 5.41) is 3.41. The maximum absolute atomic E-state index is 12.3. The van der Waals surface area contributed by atoms with Crippen LogP contribution in [0.5, 0.6) is 5.75 Å². The van der Waals surface area contributed by atoms with Crippen LogP contribution >= 0.6 is 0 Å². The van der Waals surface area contributed by atoms with Crippen molar-refractivity contribution in [3.63, 3.8) is 0 Å². The summed E-state index contributed by atoms with van der Waals surface area (Å²) in [6.45, 7) is 0.767. The number of benzene rings is 1. The number of carbonyl (C=O) groups is 1. The SMILES string of the molecule is COc1ccccc1N1CCC(NC2CC2)C1=O. The smallest absolute Gasteiger partial charge is 0.244 e. The quantitative estimate of drug-likeness (QED) is 0.876. The molecule has 1 aliphatic heterocycles. The standard InChI is InChI=1S/C14H18N2O2/c1-18-13-5-3-2-4-12(13)16-9-8-11(14(16)17)15-10-6-7-10/h2-5,10-11,15H,6-9H2,1H3. The van der Waals surface area contributed by atoms with Crippen molar-refractivity contribution < 1.29 is 9.53 Å². The molecule has 4 heteroatoms. The maximum atomic E-state index is 12.3. The topological polar surface area (TPSA) is 41.6 Å². The monoisotopic (exact) mass is 246 g/mol. The van der Waals surface area contributed by atoms with Crippen LogP contribution in [-0.4, -0.2) is 31.6 Å². The van der Waals surface area contributed by atoms with Gasteiger partial charge in [0.1, 0.15) is 5.75 Å². The van der Waals surface area contributed by atoms with Crippen LogP contribution < -0.4 is 15.0 Å². The first-order valence-electron chi connectivity index (χ1n) is 6.50. The molecule has 2 fully saturated rings. The fourth-order valence-electron chi connectivity index (χ4n) is 2.46. The highest BCUT2D eigenvalue weighted by Crippen LogP contribution is 2.31. The highest BCUT2D eigenvalue weighted by atomic mass is 16.5. The molecule has 1 aromatic rings. The van der Waals surface area contributed by atoms with E-state index in [9.17, 15) is 4.79 Å². The normalized spacial score (nSPS) is 23.5. The molecule has 4 nitrogen and oxygen atoms in total. The minimum Gasteiger partial charge on any atom is -0.495 e. The van der Waals surface area contributed by atoms with E-state index in [1.807, 2.05) is 29.2 Å². The Morgan fingerprint density at radius 1 is 1.28 bits per heavy atom. The van der Waals surface area contributed by atoms with Crippen molar-refractivity contribution in [2.45, 2.75) is 31.3 Å².